The summed E-state index contributed by atoms with van der Waals surface area (Å²) in [5.74, 6) is 0. The Bertz CT molecular complexity index is 315. The molecule has 0 bridgehead atoms. The quantitative estimate of drug-likeness (QED) is 0.169. The highest BCUT2D eigenvalue weighted by Crippen LogP contribution is 2.22. The standard InChI is InChI=1S/C18H39I3N4/c1-16(2,19)22(7)10-13-25(14-11-23(8)17(3,4)20)15-12-24(9)18(5,6)21/h10-15H2,1-9H3. The van der Waals surface area contributed by atoms with Gasteiger partial charge in [0.2, 0.25) is 0 Å². The van der Waals surface area contributed by atoms with Crippen LogP contribution in [0.5, 0.6) is 0 Å². The monoisotopic (exact) mass is 692 g/mol. The van der Waals surface area contributed by atoms with E-state index < -0.39 is 0 Å². The van der Waals surface area contributed by atoms with Crippen molar-refractivity contribution in [1.29, 1.82) is 0 Å². The molecule has 0 aromatic carbocycles. The number of hydrogen-bond donors (Lipinski definition) is 0. The maximum atomic E-state index is 2.62. The lowest BCUT2D eigenvalue weighted by molar-refractivity contribution is 0.147. The molecule has 0 aliphatic carbocycles. The first kappa shape index (κ1) is 27.0. The van der Waals surface area contributed by atoms with Gasteiger partial charge >= 0.3 is 0 Å². The largest absolute Gasteiger partial charge is 0.300 e. The van der Waals surface area contributed by atoms with Crippen LogP contribution in [0.2, 0.25) is 0 Å². The van der Waals surface area contributed by atoms with E-state index in [-0.39, 0.29) is 10.6 Å². The zero-order valence-electron chi connectivity index (χ0n) is 17.7. The van der Waals surface area contributed by atoms with Crippen LogP contribution < -0.4 is 0 Å². The Kier molecular flexibility index (Phi) is 12.2. The van der Waals surface area contributed by atoms with Crippen molar-refractivity contribution >= 4 is 67.8 Å². The molecular weight excluding hydrogens is 653 g/mol. The van der Waals surface area contributed by atoms with Crippen molar-refractivity contribution in [3.63, 3.8) is 0 Å². The molecule has 7 heteroatoms. The van der Waals surface area contributed by atoms with E-state index in [1.165, 1.54) is 0 Å². The summed E-state index contributed by atoms with van der Waals surface area (Å²) in [7, 11) is 6.68. The highest BCUT2D eigenvalue weighted by atomic mass is 127. The van der Waals surface area contributed by atoms with Gasteiger partial charge in [-0.15, -0.1) is 0 Å². The predicted octanol–water partition coefficient (Wildman–Crippen LogP) is 4.60. The molecule has 4 nitrogen and oxygen atoms in total. The van der Waals surface area contributed by atoms with E-state index in [2.05, 4.69) is 150 Å². The predicted molar refractivity (Wildman–Crippen MR) is 139 cm³/mol. The summed E-state index contributed by atoms with van der Waals surface area (Å²) < 4.78 is 0.599. The molecule has 0 spiro atoms. The Hall–Kier alpha value is 2.03. The zero-order chi connectivity index (χ0) is 20.1. The van der Waals surface area contributed by atoms with Crippen molar-refractivity contribution in [2.75, 3.05) is 60.4 Å². The van der Waals surface area contributed by atoms with Crippen LogP contribution >= 0.6 is 67.8 Å². The molecule has 0 aliphatic heterocycles. The first-order valence-electron chi connectivity index (χ1n) is 8.98. The second-order valence-corrected chi connectivity index (χ2v) is 16.3. The van der Waals surface area contributed by atoms with Gasteiger partial charge in [0, 0.05) is 39.3 Å². The van der Waals surface area contributed by atoms with Crippen LogP contribution in [-0.4, -0.2) is 90.6 Å². The van der Waals surface area contributed by atoms with Crippen LogP contribution in [-0.2, 0) is 0 Å². The lowest BCUT2D eigenvalue weighted by atomic mass is 10.3. The number of hydrogen-bond acceptors (Lipinski definition) is 4. The molecule has 0 fully saturated rings. The summed E-state index contributed by atoms with van der Waals surface area (Å²) in [6.45, 7) is 20.3. The molecule has 0 N–H and O–H groups in total. The third kappa shape index (κ3) is 12.2. The van der Waals surface area contributed by atoms with Gasteiger partial charge in [-0.3, -0.25) is 19.6 Å². The molecule has 0 unspecified atom stereocenters. The van der Waals surface area contributed by atoms with Gasteiger partial charge in [-0.1, -0.05) is 67.8 Å². The Labute approximate surface area is 198 Å². The molecule has 0 aromatic heterocycles. The average Bonchev–Trinajstić information content (AvgIpc) is 2.42. The van der Waals surface area contributed by atoms with E-state index in [1.807, 2.05) is 0 Å². The number of rotatable bonds is 12. The Morgan fingerprint density at radius 1 is 0.480 bits per heavy atom. The fraction of sp³-hybridized carbons (Fsp3) is 1.00. The molecule has 152 valence electrons. The van der Waals surface area contributed by atoms with Crippen molar-refractivity contribution in [2.45, 2.75) is 52.2 Å². The molecule has 0 atom stereocenters. The van der Waals surface area contributed by atoms with Gasteiger partial charge in [0.1, 0.15) is 0 Å². The summed E-state index contributed by atoms with van der Waals surface area (Å²) in [6, 6.07) is 0. The zero-order valence-corrected chi connectivity index (χ0v) is 24.1. The van der Waals surface area contributed by atoms with Crippen LogP contribution in [0.4, 0.5) is 0 Å². The van der Waals surface area contributed by atoms with Gasteiger partial charge in [-0.2, -0.15) is 0 Å². The van der Waals surface area contributed by atoms with E-state index >= 15 is 0 Å². The Morgan fingerprint density at radius 2 is 0.680 bits per heavy atom. The second kappa shape index (κ2) is 11.3. The van der Waals surface area contributed by atoms with Crippen LogP contribution in [0.25, 0.3) is 0 Å². The molecule has 25 heavy (non-hydrogen) atoms. The molecule has 0 saturated carbocycles. The minimum Gasteiger partial charge on any atom is -0.300 e. The number of alkyl halides is 3. The minimum absolute atomic E-state index is 0.200. The normalized spacial score (nSPS) is 14.4. The minimum atomic E-state index is 0.200. The molecule has 0 rings (SSSR count). The maximum absolute atomic E-state index is 2.62. The Balaban J connectivity index is 4.70. The van der Waals surface area contributed by atoms with Crippen LogP contribution in [0.1, 0.15) is 41.5 Å². The third-order valence-electron chi connectivity index (χ3n) is 4.98. The summed E-state index contributed by atoms with van der Waals surface area (Å²) in [4.78, 5) is 9.95. The first-order chi connectivity index (χ1) is 11.0. The molecule has 0 radical (unpaired) electrons. The lowest BCUT2D eigenvalue weighted by Gasteiger charge is -2.36. The molecular formula is C18H39I3N4. The van der Waals surface area contributed by atoms with E-state index in [1.54, 1.807) is 0 Å². The van der Waals surface area contributed by atoms with E-state index in [0.717, 1.165) is 39.3 Å². The van der Waals surface area contributed by atoms with Crippen molar-refractivity contribution in [3.05, 3.63) is 0 Å². The molecule has 0 aliphatic rings. The number of nitrogens with zero attached hydrogens (tertiary/aromatic N) is 4. The van der Waals surface area contributed by atoms with Crippen molar-refractivity contribution in [2.24, 2.45) is 0 Å². The summed E-state index contributed by atoms with van der Waals surface area (Å²) >= 11 is 7.57. The SMILES string of the molecule is CN(CCN(CCN(C)C(C)(C)I)CCN(C)C(C)(C)I)C(C)(C)I. The fourth-order valence-corrected chi connectivity index (χ4v) is 2.73. The van der Waals surface area contributed by atoms with E-state index in [9.17, 15) is 0 Å². The molecule has 0 aromatic rings. The highest BCUT2D eigenvalue weighted by Gasteiger charge is 2.23. The first-order valence-corrected chi connectivity index (χ1v) is 12.2. The maximum Gasteiger partial charge on any atom is 0.0671 e. The summed E-state index contributed by atoms with van der Waals surface area (Å²) in [5.41, 5.74) is 0. The highest BCUT2D eigenvalue weighted by molar-refractivity contribution is 14.1. The number of likely N-dealkylation sites (N-methyl/N-ethyl adjacent to an activating group) is 3. The van der Waals surface area contributed by atoms with Crippen LogP contribution in [0.3, 0.4) is 0 Å². The Morgan fingerprint density at radius 3 is 0.840 bits per heavy atom. The van der Waals surface area contributed by atoms with Gasteiger partial charge in [0.05, 0.1) is 10.6 Å². The molecule has 0 heterocycles. The van der Waals surface area contributed by atoms with Crippen molar-refractivity contribution < 1.29 is 0 Å². The smallest absolute Gasteiger partial charge is 0.0671 e. The third-order valence-corrected chi connectivity index (χ3v) is 7.45. The lowest BCUT2D eigenvalue weighted by Crippen LogP contribution is -2.47. The van der Waals surface area contributed by atoms with Gasteiger partial charge in [0.15, 0.2) is 0 Å². The average molecular weight is 692 g/mol. The van der Waals surface area contributed by atoms with Gasteiger partial charge < -0.3 is 0 Å². The fourth-order valence-electron chi connectivity index (χ4n) is 2.01. The van der Waals surface area contributed by atoms with Crippen LogP contribution in [0.15, 0.2) is 0 Å². The van der Waals surface area contributed by atoms with Crippen molar-refractivity contribution in [1.82, 2.24) is 19.6 Å². The van der Waals surface area contributed by atoms with Crippen LogP contribution in [0, 0.1) is 0 Å². The topological polar surface area (TPSA) is 13.0 Å². The molecule has 0 saturated heterocycles. The van der Waals surface area contributed by atoms with Gasteiger partial charge in [-0.05, 0) is 62.7 Å². The van der Waals surface area contributed by atoms with Crippen molar-refractivity contribution in [3.8, 4) is 0 Å². The van der Waals surface area contributed by atoms with Gasteiger partial charge in [-0.25, -0.2) is 0 Å². The number of halogens is 3. The van der Waals surface area contributed by atoms with E-state index in [4.69, 9.17) is 0 Å². The summed E-state index contributed by atoms with van der Waals surface area (Å²) in [6.07, 6.45) is 0. The molecule has 0 amide bonds. The second-order valence-electron chi connectivity index (χ2n) is 8.34. The summed E-state index contributed by atoms with van der Waals surface area (Å²) in [5, 5.41) is 0. The van der Waals surface area contributed by atoms with Gasteiger partial charge in [0.25, 0.3) is 0 Å². The van der Waals surface area contributed by atoms with E-state index in [0.29, 0.717) is 0 Å².